The maximum Gasteiger partial charge on any atom is 0.254 e. The Morgan fingerprint density at radius 3 is 2.47 bits per heavy atom. The van der Waals surface area contributed by atoms with Gasteiger partial charge in [0.25, 0.3) is 5.91 Å². The molecule has 4 nitrogen and oxygen atoms in total. The summed E-state index contributed by atoms with van der Waals surface area (Å²) in [6, 6.07) is 1.75. The van der Waals surface area contributed by atoms with Gasteiger partial charge in [-0.3, -0.25) is 9.59 Å². The average Bonchev–Trinajstić information content (AvgIpc) is 2.68. The highest BCUT2D eigenvalue weighted by molar-refractivity contribution is 7.08. The van der Waals surface area contributed by atoms with Crippen molar-refractivity contribution in [2.75, 3.05) is 27.7 Å². The number of carbonyl (C=O) groups is 2. The number of rotatable bonds is 3. The third kappa shape index (κ3) is 3.06. The lowest BCUT2D eigenvalue weighted by atomic mass is 10.3. The van der Waals surface area contributed by atoms with E-state index in [2.05, 4.69) is 0 Å². The summed E-state index contributed by atoms with van der Waals surface area (Å²) in [5.74, 6) is -0.201. The minimum atomic E-state index is -0.119. The Hall–Kier alpha value is -1.36. The van der Waals surface area contributed by atoms with Gasteiger partial charge in [-0.15, -0.1) is 0 Å². The summed E-state index contributed by atoms with van der Waals surface area (Å²) in [7, 11) is 4.97. The van der Waals surface area contributed by atoms with Gasteiger partial charge in [0, 0.05) is 26.5 Å². The number of hydrogen-bond donors (Lipinski definition) is 0. The van der Waals surface area contributed by atoms with E-state index in [4.69, 9.17) is 0 Å². The van der Waals surface area contributed by atoms with Gasteiger partial charge in [0.2, 0.25) is 5.91 Å². The van der Waals surface area contributed by atoms with Crippen LogP contribution in [0.4, 0.5) is 0 Å². The van der Waals surface area contributed by atoms with E-state index in [1.54, 1.807) is 32.6 Å². The van der Waals surface area contributed by atoms with Crippen LogP contribution in [0.1, 0.15) is 10.4 Å². The molecule has 0 bridgehead atoms. The minimum absolute atomic E-state index is 0.0823. The van der Waals surface area contributed by atoms with Crippen LogP contribution >= 0.6 is 11.3 Å². The molecule has 0 spiro atoms. The molecule has 0 saturated heterocycles. The Labute approximate surface area is 93.1 Å². The second kappa shape index (κ2) is 4.93. The van der Waals surface area contributed by atoms with E-state index >= 15 is 0 Å². The smallest absolute Gasteiger partial charge is 0.254 e. The molecule has 0 atom stereocenters. The molecule has 0 aliphatic carbocycles. The van der Waals surface area contributed by atoms with Crippen molar-refractivity contribution < 1.29 is 9.59 Å². The van der Waals surface area contributed by atoms with Crippen LogP contribution in [0.3, 0.4) is 0 Å². The van der Waals surface area contributed by atoms with Gasteiger partial charge in [-0.05, 0) is 11.4 Å². The van der Waals surface area contributed by atoms with E-state index in [1.165, 1.54) is 21.1 Å². The number of likely N-dealkylation sites (N-methyl/N-ethyl adjacent to an activating group) is 2. The molecule has 0 aliphatic heterocycles. The fraction of sp³-hybridized carbons (Fsp3) is 0.400. The van der Waals surface area contributed by atoms with Crippen molar-refractivity contribution in [3.8, 4) is 0 Å². The zero-order chi connectivity index (χ0) is 11.4. The molecular weight excluding hydrogens is 212 g/mol. The van der Waals surface area contributed by atoms with Crippen LogP contribution in [0.25, 0.3) is 0 Å². The molecule has 82 valence electrons. The number of nitrogens with zero attached hydrogens (tertiary/aromatic N) is 2. The number of carbonyl (C=O) groups excluding carboxylic acids is 2. The average molecular weight is 226 g/mol. The first-order valence-electron chi connectivity index (χ1n) is 4.50. The third-order valence-corrected chi connectivity index (χ3v) is 2.67. The first-order valence-corrected chi connectivity index (χ1v) is 5.44. The molecule has 1 aromatic heterocycles. The Morgan fingerprint density at radius 2 is 2.00 bits per heavy atom. The lowest BCUT2D eigenvalue weighted by Gasteiger charge is -2.18. The van der Waals surface area contributed by atoms with Gasteiger partial charge in [0.15, 0.2) is 0 Å². The van der Waals surface area contributed by atoms with Gasteiger partial charge in [-0.25, -0.2) is 0 Å². The summed E-state index contributed by atoms with van der Waals surface area (Å²) < 4.78 is 0. The standard InChI is InChI=1S/C10H14N2O2S/c1-11(2)9(13)6-12(3)10(14)8-4-5-15-7-8/h4-5,7H,6H2,1-3H3. The van der Waals surface area contributed by atoms with Crippen molar-refractivity contribution in [1.29, 1.82) is 0 Å². The first kappa shape index (κ1) is 11.7. The maximum absolute atomic E-state index is 11.7. The molecule has 5 heteroatoms. The second-order valence-electron chi connectivity index (χ2n) is 3.46. The molecule has 0 saturated carbocycles. The predicted octanol–water partition coefficient (Wildman–Crippen LogP) is 0.908. The van der Waals surface area contributed by atoms with Crippen molar-refractivity contribution in [1.82, 2.24) is 9.80 Å². The fourth-order valence-electron chi connectivity index (χ4n) is 1.02. The molecule has 0 unspecified atom stereocenters. The van der Waals surface area contributed by atoms with Gasteiger partial charge in [-0.2, -0.15) is 11.3 Å². The van der Waals surface area contributed by atoms with Crippen LogP contribution in [0.5, 0.6) is 0 Å². The van der Waals surface area contributed by atoms with Crippen LogP contribution in [-0.4, -0.2) is 49.3 Å². The minimum Gasteiger partial charge on any atom is -0.347 e. The Morgan fingerprint density at radius 1 is 1.33 bits per heavy atom. The highest BCUT2D eigenvalue weighted by Crippen LogP contribution is 2.08. The van der Waals surface area contributed by atoms with Crippen molar-refractivity contribution in [3.63, 3.8) is 0 Å². The first-order chi connectivity index (χ1) is 7.02. The summed E-state index contributed by atoms with van der Waals surface area (Å²) >= 11 is 1.47. The van der Waals surface area contributed by atoms with Crippen LogP contribution in [0.2, 0.25) is 0 Å². The SMILES string of the molecule is CN(C)C(=O)CN(C)C(=O)c1ccsc1. The van der Waals surface area contributed by atoms with E-state index < -0.39 is 0 Å². The van der Waals surface area contributed by atoms with Gasteiger partial charge < -0.3 is 9.80 Å². The largest absolute Gasteiger partial charge is 0.347 e. The van der Waals surface area contributed by atoms with E-state index in [0.717, 1.165) is 0 Å². The Balaban J connectivity index is 2.58. The highest BCUT2D eigenvalue weighted by atomic mass is 32.1. The van der Waals surface area contributed by atoms with Crippen molar-refractivity contribution in [2.45, 2.75) is 0 Å². The summed E-state index contributed by atoms with van der Waals surface area (Å²) in [6.07, 6.45) is 0. The van der Waals surface area contributed by atoms with Gasteiger partial charge in [-0.1, -0.05) is 0 Å². The molecule has 0 fully saturated rings. The molecule has 1 heterocycles. The molecule has 1 rings (SSSR count). The van der Waals surface area contributed by atoms with E-state index in [0.29, 0.717) is 5.56 Å². The molecule has 0 radical (unpaired) electrons. The fourth-order valence-corrected chi connectivity index (χ4v) is 1.65. The molecule has 0 aliphatic rings. The summed E-state index contributed by atoms with van der Waals surface area (Å²) in [5, 5.41) is 3.62. The van der Waals surface area contributed by atoms with Crippen molar-refractivity contribution in [2.24, 2.45) is 0 Å². The van der Waals surface area contributed by atoms with Crippen LogP contribution < -0.4 is 0 Å². The zero-order valence-electron chi connectivity index (χ0n) is 9.06. The number of hydrogen-bond acceptors (Lipinski definition) is 3. The predicted molar refractivity (Wildman–Crippen MR) is 60.0 cm³/mol. The normalized spacial score (nSPS) is 9.80. The maximum atomic E-state index is 11.7. The zero-order valence-corrected chi connectivity index (χ0v) is 9.87. The Bertz CT molecular complexity index is 346. The van der Waals surface area contributed by atoms with Gasteiger partial charge >= 0.3 is 0 Å². The quantitative estimate of drug-likeness (QED) is 0.768. The monoisotopic (exact) mass is 226 g/mol. The number of amides is 2. The van der Waals surface area contributed by atoms with Crippen molar-refractivity contribution >= 4 is 23.2 Å². The Kier molecular flexibility index (Phi) is 3.85. The molecule has 0 aromatic carbocycles. The van der Waals surface area contributed by atoms with Gasteiger partial charge in [0.05, 0.1) is 12.1 Å². The molecule has 0 N–H and O–H groups in total. The lowest BCUT2D eigenvalue weighted by Crippen LogP contribution is -2.37. The van der Waals surface area contributed by atoms with Crippen LogP contribution in [-0.2, 0) is 4.79 Å². The van der Waals surface area contributed by atoms with E-state index in [9.17, 15) is 9.59 Å². The molecule has 2 amide bonds. The van der Waals surface area contributed by atoms with Crippen molar-refractivity contribution in [3.05, 3.63) is 22.4 Å². The lowest BCUT2D eigenvalue weighted by molar-refractivity contribution is -0.129. The second-order valence-corrected chi connectivity index (χ2v) is 4.24. The summed E-state index contributed by atoms with van der Waals surface area (Å²) in [6.45, 7) is 0.113. The van der Waals surface area contributed by atoms with Crippen LogP contribution in [0, 0.1) is 0 Å². The summed E-state index contributed by atoms with van der Waals surface area (Å²) in [4.78, 5) is 26.0. The third-order valence-electron chi connectivity index (χ3n) is 1.99. The topological polar surface area (TPSA) is 40.6 Å². The van der Waals surface area contributed by atoms with E-state index in [1.807, 2.05) is 5.38 Å². The molecule has 15 heavy (non-hydrogen) atoms. The number of thiophene rings is 1. The molecular formula is C10H14N2O2S. The van der Waals surface area contributed by atoms with Crippen LogP contribution in [0.15, 0.2) is 16.8 Å². The van der Waals surface area contributed by atoms with Gasteiger partial charge in [0.1, 0.15) is 0 Å². The molecule has 1 aromatic rings. The summed E-state index contributed by atoms with van der Waals surface area (Å²) in [5.41, 5.74) is 0.633. The highest BCUT2D eigenvalue weighted by Gasteiger charge is 2.15. The van der Waals surface area contributed by atoms with E-state index in [-0.39, 0.29) is 18.4 Å².